The Hall–Kier alpha value is -2.79. The fraction of sp³-hybridized carbons (Fsp3) is 0.444. The van der Waals surface area contributed by atoms with Crippen LogP contribution in [0.5, 0.6) is 5.88 Å². The number of aryl methyl sites for hydroxylation is 1. The van der Waals surface area contributed by atoms with E-state index in [0.717, 1.165) is 44.6 Å². The first kappa shape index (κ1) is 22.4. The molecule has 2 aromatic rings. The monoisotopic (exact) mass is 432 g/mol. The van der Waals surface area contributed by atoms with Gasteiger partial charge in [0.05, 0.1) is 18.5 Å². The highest BCUT2D eigenvalue weighted by Crippen LogP contribution is 2.35. The third kappa shape index (κ3) is 4.83. The summed E-state index contributed by atoms with van der Waals surface area (Å²) < 4.78 is 5.48. The summed E-state index contributed by atoms with van der Waals surface area (Å²) in [6, 6.07) is 13.6. The Morgan fingerprint density at radius 3 is 2.41 bits per heavy atom. The molecule has 0 radical (unpaired) electrons. The van der Waals surface area contributed by atoms with Gasteiger partial charge in [0.1, 0.15) is 0 Å². The Labute approximate surface area is 193 Å². The summed E-state index contributed by atoms with van der Waals surface area (Å²) in [5.74, 6) is 0.677. The number of allylic oxidation sites excluding steroid dienone is 4. The molecule has 4 rings (SSSR count). The van der Waals surface area contributed by atoms with Crippen molar-refractivity contribution in [1.82, 2.24) is 14.8 Å². The number of anilines is 1. The van der Waals surface area contributed by atoms with Crippen LogP contribution in [0, 0.1) is 6.92 Å². The molecule has 5 nitrogen and oxygen atoms in total. The van der Waals surface area contributed by atoms with Crippen LogP contribution in [0.15, 0.2) is 54.2 Å². The molecule has 0 bridgehead atoms. The molecular weight excluding hydrogens is 396 g/mol. The number of methoxy groups -OCH3 is 1. The first-order chi connectivity index (χ1) is 15.5. The second-order valence-electron chi connectivity index (χ2n) is 9.15. The van der Waals surface area contributed by atoms with Crippen molar-refractivity contribution in [3.05, 3.63) is 71.1 Å². The highest BCUT2D eigenvalue weighted by atomic mass is 16.5. The smallest absolute Gasteiger partial charge is 0.213 e. The third-order valence-electron chi connectivity index (χ3n) is 6.79. The maximum atomic E-state index is 5.48. The lowest BCUT2D eigenvalue weighted by Gasteiger charge is -2.27. The lowest BCUT2D eigenvalue weighted by Crippen LogP contribution is -2.30. The highest BCUT2D eigenvalue weighted by molar-refractivity contribution is 5.76. The Bertz CT molecular complexity index is 993. The van der Waals surface area contributed by atoms with E-state index in [0.29, 0.717) is 11.9 Å². The van der Waals surface area contributed by atoms with Gasteiger partial charge in [-0.15, -0.1) is 0 Å². The lowest BCUT2D eigenvalue weighted by atomic mass is 9.97. The molecule has 2 aliphatic rings. The number of benzene rings is 1. The zero-order valence-electron chi connectivity index (χ0n) is 20.1. The van der Waals surface area contributed by atoms with E-state index in [2.05, 4.69) is 85.3 Å². The van der Waals surface area contributed by atoms with E-state index in [-0.39, 0.29) is 0 Å². The van der Waals surface area contributed by atoms with Crippen LogP contribution >= 0.6 is 0 Å². The number of likely N-dealkylation sites (N-methyl/N-ethyl adjacent to an activating group) is 1. The van der Waals surface area contributed by atoms with Gasteiger partial charge >= 0.3 is 0 Å². The number of ether oxygens (including phenoxy) is 1. The Morgan fingerprint density at radius 2 is 1.75 bits per heavy atom. The molecule has 0 amide bonds. The largest absolute Gasteiger partial charge is 0.481 e. The minimum atomic E-state index is 0.440. The molecule has 1 saturated heterocycles. The van der Waals surface area contributed by atoms with E-state index in [4.69, 9.17) is 9.72 Å². The minimum absolute atomic E-state index is 0.440. The molecule has 1 aromatic carbocycles. The fourth-order valence-electron chi connectivity index (χ4n) is 4.73. The van der Waals surface area contributed by atoms with Gasteiger partial charge in [-0.3, -0.25) is 4.90 Å². The molecule has 2 heterocycles. The Morgan fingerprint density at radius 1 is 0.969 bits per heavy atom. The summed E-state index contributed by atoms with van der Waals surface area (Å²) >= 11 is 0. The number of rotatable bonds is 5. The van der Waals surface area contributed by atoms with E-state index in [9.17, 15) is 0 Å². The number of nitrogens with zero attached hydrogens (tertiary/aromatic N) is 4. The quantitative estimate of drug-likeness (QED) is 0.671. The van der Waals surface area contributed by atoms with Crippen LogP contribution in [0.4, 0.5) is 5.69 Å². The van der Waals surface area contributed by atoms with E-state index in [1.54, 1.807) is 7.11 Å². The van der Waals surface area contributed by atoms with Crippen LogP contribution in [-0.2, 0) is 0 Å². The van der Waals surface area contributed by atoms with Crippen molar-refractivity contribution in [2.45, 2.75) is 32.2 Å². The number of hydrogen-bond donors (Lipinski definition) is 0. The second-order valence-corrected chi connectivity index (χ2v) is 9.15. The number of aromatic nitrogens is 1. The summed E-state index contributed by atoms with van der Waals surface area (Å²) in [5, 5.41) is 0. The van der Waals surface area contributed by atoms with Crippen molar-refractivity contribution in [3.8, 4) is 5.88 Å². The average Bonchev–Trinajstić information content (AvgIpc) is 3.01. The molecule has 0 saturated carbocycles. The summed E-state index contributed by atoms with van der Waals surface area (Å²) in [4.78, 5) is 12.1. The van der Waals surface area contributed by atoms with Crippen molar-refractivity contribution in [2.75, 3.05) is 52.8 Å². The van der Waals surface area contributed by atoms with Gasteiger partial charge in [0.25, 0.3) is 0 Å². The third-order valence-corrected chi connectivity index (χ3v) is 6.79. The van der Waals surface area contributed by atoms with Crippen LogP contribution in [-0.4, -0.2) is 62.7 Å². The average molecular weight is 433 g/mol. The Balaban J connectivity index is 1.61. The molecule has 0 N–H and O–H groups in total. The van der Waals surface area contributed by atoms with E-state index in [1.165, 1.54) is 28.1 Å². The van der Waals surface area contributed by atoms with E-state index >= 15 is 0 Å². The van der Waals surface area contributed by atoms with Crippen LogP contribution < -0.4 is 9.64 Å². The second kappa shape index (κ2) is 9.78. The predicted molar refractivity (Wildman–Crippen MR) is 133 cm³/mol. The molecule has 1 fully saturated rings. The topological polar surface area (TPSA) is 31.8 Å². The molecule has 1 atom stereocenters. The van der Waals surface area contributed by atoms with Gasteiger partial charge < -0.3 is 14.5 Å². The molecule has 1 aliphatic heterocycles. The van der Waals surface area contributed by atoms with Gasteiger partial charge in [-0.05, 0) is 56.5 Å². The molecule has 1 unspecified atom stereocenters. The van der Waals surface area contributed by atoms with Crippen molar-refractivity contribution in [1.29, 1.82) is 0 Å². The number of hydrogen-bond acceptors (Lipinski definition) is 5. The standard InChI is InChI=1S/C27H36N4O/c1-20-6-8-21(9-7-20)24-16-17-31(19-18-30(24)4)25-14-15-26(32-5)28-27(25)22-10-12-23(13-11-22)29(2)3/h6-10,12,14-15,24H,11,13,16-19H2,1-5H3. The number of pyridine rings is 1. The van der Waals surface area contributed by atoms with Gasteiger partial charge in [-0.25, -0.2) is 4.98 Å². The molecule has 0 spiro atoms. The zero-order chi connectivity index (χ0) is 22.7. The first-order valence-corrected chi connectivity index (χ1v) is 11.6. The summed E-state index contributed by atoms with van der Waals surface area (Å²) in [7, 11) is 8.16. The van der Waals surface area contributed by atoms with Crippen LogP contribution in [0.3, 0.4) is 0 Å². The van der Waals surface area contributed by atoms with Crippen LogP contribution in [0.1, 0.15) is 42.1 Å². The summed E-state index contributed by atoms with van der Waals surface area (Å²) in [5.41, 5.74) is 7.65. The summed E-state index contributed by atoms with van der Waals surface area (Å²) in [6.45, 7) is 5.17. The Kier molecular flexibility index (Phi) is 6.85. The maximum Gasteiger partial charge on any atom is 0.213 e. The van der Waals surface area contributed by atoms with E-state index in [1.807, 2.05) is 6.07 Å². The van der Waals surface area contributed by atoms with Gasteiger partial charge in [0, 0.05) is 51.5 Å². The first-order valence-electron chi connectivity index (χ1n) is 11.6. The minimum Gasteiger partial charge on any atom is -0.481 e. The van der Waals surface area contributed by atoms with Crippen molar-refractivity contribution in [3.63, 3.8) is 0 Å². The lowest BCUT2D eigenvalue weighted by molar-refractivity contribution is 0.258. The molecule has 1 aliphatic carbocycles. The zero-order valence-corrected chi connectivity index (χ0v) is 20.1. The molecule has 1 aromatic heterocycles. The van der Waals surface area contributed by atoms with E-state index < -0.39 is 0 Å². The van der Waals surface area contributed by atoms with Crippen LogP contribution in [0.25, 0.3) is 5.57 Å². The molecular formula is C27H36N4O. The SMILES string of the molecule is COc1ccc(N2CCC(c3ccc(C)cc3)N(C)CC2)c(C2=CC=C(N(C)C)CC2)n1. The molecule has 32 heavy (non-hydrogen) atoms. The van der Waals surface area contributed by atoms with Gasteiger partial charge in [0.2, 0.25) is 5.88 Å². The normalized spacial score (nSPS) is 19.8. The van der Waals surface area contributed by atoms with Crippen LogP contribution in [0.2, 0.25) is 0 Å². The van der Waals surface area contributed by atoms with Crippen molar-refractivity contribution < 1.29 is 4.74 Å². The van der Waals surface area contributed by atoms with Crippen molar-refractivity contribution in [2.24, 2.45) is 0 Å². The van der Waals surface area contributed by atoms with Gasteiger partial charge in [-0.1, -0.05) is 35.9 Å². The predicted octanol–water partition coefficient (Wildman–Crippen LogP) is 4.90. The van der Waals surface area contributed by atoms with Gasteiger partial charge in [-0.2, -0.15) is 0 Å². The van der Waals surface area contributed by atoms with Gasteiger partial charge in [0.15, 0.2) is 0 Å². The molecule has 170 valence electrons. The fourth-order valence-corrected chi connectivity index (χ4v) is 4.73. The summed E-state index contributed by atoms with van der Waals surface area (Å²) in [6.07, 6.45) is 7.59. The molecule has 5 heteroatoms. The highest BCUT2D eigenvalue weighted by Gasteiger charge is 2.25. The van der Waals surface area contributed by atoms with Crippen molar-refractivity contribution >= 4 is 11.3 Å². The maximum absolute atomic E-state index is 5.48.